The summed E-state index contributed by atoms with van der Waals surface area (Å²) in [4.78, 5) is 12.2. The van der Waals surface area contributed by atoms with Crippen molar-refractivity contribution in [1.82, 2.24) is 15.1 Å². The van der Waals surface area contributed by atoms with Crippen LogP contribution in [0, 0.1) is 5.92 Å². The second kappa shape index (κ2) is 5.10. The molecule has 1 aromatic rings. The summed E-state index contributed by atoms with van der Waals surface area (Å²) in [6, 6.07) is 1.85. The first-order valence-corrected chi connectivity index (χ1v) is 6.54. The average molecular weight is 250 g/mol. The summed E-state index contributed by atoms with van der Waals surface area (Å²) >= 11 is 0. The minimum atomic E-state index is -0.128. The highest BCUT2D eigenvalue weighted by atomic mass is 16.2. The number of carbonyl (C=O) groups is 1. The first-order chi connectivity index (χ1) is 8.48. The van der Waals surface area contributed by atoms with Crippen LogP contribution in [0.5, 0.6) is 0 Å². The van der Waals surface area contributed by atoms with E-state index >= 15 is 0 Å². The van der Waals surface area contributed by atoms with Crippen LogP contribution in [-0.2, 0) is 10.3 Å². The van der Waals surface area contributed by atoms with Crippen LogP contribution in [0.2, 0.25) is 0 Å². The summed E-state index contributed by atoms with van der Waals surface area (Å²) in [5, 5.41) is 10.5. The lowest BCUT2D eigenvalue weighted by molar-refractivity contribution is -0.120. The van der Waals surface area contributed by atoms with E-state index < -0.39 is 0 Å². The van der Waals surface area contributed by atoms with Crippen LogP contribution in [-0.4, -0.2) is 28.8 Å². The van der Waals surface area contributed by atoms with Crippen molar-refractivity contribution in [3.63, 3.8) is 0 Å². The molecule has 1 aliphatic heterocycles. The summed E-state index contributed by atoms with van der Waals surface area (Å²) in [7, 11) is 0. The van der Waals surface area contributed by atoms with Crippen LogP contribution in [0.1, 0.15) is 33.6 Å². The van der Waals surface area contributed by atoms with Crippen molar-refractivity contribution >= 4 is 11.7 Å². The molecule has 1 aromatic heterocycles. The third-order valence-electron chi connectivity index (χ3n) is 3.20. The van der Waals surface area contributed by atoms with Crippen molar-refractivity contribution in [3.05, 3.63) is 12.3 Å². The lowest BCUT2D eigenvalue weighted by atomic mass is 9.99. The van der Waals surface area contributed by atoms with E-state index in [0.717, 1.165) is 31.7 Å². The zero-order valence-corrected chi connectivity index (χ0v) is 11.4. The first-order valence-electron chi connectivity index (χ1n) is 6.54. The maximum absolute atomic E-state index is 12.2. The van der Waals surface area contributed by atoms with Gasteiger partial charge in [0.25, 0.3) is 0 Å². The average Bonchev–Trinajstić information content (AvgIpc) is 2.78. The third-order valence-corrected chi connectivity index (χ3v) is 3.20. The number of amides is 1. The summed E-state index contributed by atoms with van der Waals surface area (Å²) in [5.41, 5.74) is -0.128. The number of nitrogens with zero attached hydrogens (tertiary/aromatic N) is 2. The van der Waals surface area contributed by atoms with Crippen LogP contribution < -0.4 is 10.6 Å². The van der Waals surface area contributed by atoms with Gasteiger partial charge in [-0.3, -0.25) is 4.79 Å². The van der Waals surface area contributed by atoms with E-state index in [0.29, 0.717) is 0 Å². The molecule has 2 rings (SSSR count). The van der Waals surface area contributed by atoms with E-state index in [-0.39, 0.29) is 17.4 Å². The lowest BCUT2D eigenvalue weighted by Crippen LogP contribution is -2.38. The molecule has 0 aliphatic carbocycles. The Labute approximate surface area is 108 Å². The van der Waals surface area contributed by atoms with Gasteiger partial charge in [-0.25, -0.2) is 4.68 Å². The zero-order chi connectivity index (χ0) is 13.2. The monoisotopic (exact) mass is 250 g/mol. The van der Waals surface area contributed by atoms with Gasteiger partial charge in [0.2, 0.25) is 5.91 Å². The van der Waals surface area contributed by atoms with E-state index in [1.165, 1.54) is 0 Å². The molecule has 5 nitrogen and oxygen atoms in total. The van der Waals surface area contributed by atoms with Gasteiger partial charge in [0.15, 0.2) is 0 Å². The molecule has 100 valence electrons. The summed E-state index contributed by atoms with van der Waals surface area (Å²) in [6.07, 6.45) is 3.75. The molecule has 5 heteroatoms. The molecule has 18 heavy (non-hydrogen) atoms. The molecule has 1 aliphatic rings. The number of rotatable bonds is 2. The Kier molecular flexibility index (Phi) is 3.71. The minimum Gasteiger partial charge on any atom is -0.316 e. The Hall–Kier alpha value is -1.36. The van der Waals surface area contributed by atoms with Crippen LogP contribution >= 0.6 is 0 Å². The van der Waals surface area contributed by atoms with Gasteiger partial charge < -0.3 is 10.6 Å². The normalized spacial score (nSPS) is 20.7. The van der Waals surface area contributed by atoms with Crippen LogP contribution in [0.15, 0.2) is 12.3 Å². The van der Waals surface area contributed by atoms with E-state index in [4.69, 9.17) is 0 Å². The Morgan fingerprint density at radius 1 is 1.56 bits per heavy atom. The molecule has 1 amide bonds. The minimum absolute atomic E-state index is 0.0714. The number of nitrogens with one attached hydrogen (secondary N) is 2. The fourth-order valence-corrected chi connectivity index (χ4v) is 2.24. The molecule has 1 fully saturated rings. The van der Waals surface area contributed by atoms with Gasteiger partial charge in [0.1, 0.15) is 5.82 Å². The Morgan fingerprint density at radius 3 is 2.94 bits per heavy atom. The molecule has 0 spiro atoms. The molecule has 2 N–H and O–H groups in total. The van der Waals surface area contributed by atoms with Gasteiger partial charge in [-0.1, -0.05) is 0 Å². The van der Waals surface area contributed by atoms with Gasteiger partial charge in [0, 0.05) is 12.6 Å². The molecule has 0 aromatic carbocycles. The number of carbonyl (C=O) groups excluding carboxylic acids is 1. The molecule has 2 heterocycles. The molecule has 1 unspecified atom stereocenters. The first kappa shape index (κ1) is 13.1. The van der Waals surface area contributed by atoms with Crippen molar-refractivity contribution in [2.75, 3.05) is 18.4 Å². The van der Waals surface area contributed by atoms with Gasteiger partial charge >= 0.3 is 0 Å². The van der Waals surface area contributed by atoms with E-state index in [9.17, 15) is 4.79 Å². The molecular formula is C13H22N4O. The summed E-state index contributed by atoms with van der Waals surface area (Å²) in [6.45, 7) is 7.99. The van der Waals surface area contributed by atoms with Gasteiger partial charge in [0.05, 0.1) is 17.7 Å². The lowest BCUT2D eigenvalue weighted by Gasteiger charge is -2.25. The van der Waals surface area contributed by atoms with Crippen molar-refractivity contribution in [2.45, 2.75) is 39.2 Å². The Balaban J connectivity index is 2.05. The zero-order valence-electron chi connectivity index (χ0n) is 11.4. The predicted molar refractivity (Wildman–Crippen MR) is 71.4 cm³/mol. The Morgan fingerprint density at radius 2 is 2.33 bits per heavy atom. The van der Waals surface area contributed by atoms with Crippen molar-refractivity contribution in [1.29, 1.82) is 0 Å². The topological polar surface area (TPSA) is 59.0 Å². The van der Waals surface area contributed by atoms with E-state index in [1.54, 1.807) is 6.20 Å². The van der Waals surface area contributed by atoms with Crippen LogP contribution in [0.25, 0.3) is 0 Å². The SMILES string of the molecule is CC(C)(C)n1nccc1NC(=O)C1CCCNC1. The molecule has 1 saturated heterocycles. The van der Waals surface area contributed by atoms with E-state index in [1.807, 2.05) is 10.7 Å². The predicted octanol–water partition coefficient (Wildman–Crippen LogP) is 1.58. The van der Waals surface area contributed by atoms with Crippen molar-refractivity contribution < 1.29 is 4.79 Å². The summed E-state index contributed by atoms with van der Waals surface area (Å²) in [5.74, 6) is 0.938. The third kappa shape index (κ3) is 2.90. The fraction of sp³-hybridized carbons (Fsp3) is 0.692. The Bertz CT molecular complexity index is 413. The number of hydrogen-bond acceptors (Lipinski definition) is 3. The molecule has 0 bridgehead atoms. The maximum atomic E-state index is 12.2. The van der Waals surface area contributed by atoms with E-state index in [2.05, 4.69) is 36.5 Å². The van der Waals surface area contributed by atoms with Crippen molar-refractivity contribution in [3.8, 4) is 0 Å². The second-order valence-corrected chi connectivity index (χ2v) is 5.83. The van der Waals surface area contributed by atoms with Gasteiger partial charge in [-0.2, -0.15) is 5.10 Å². The number of piperidine rings is 1. The molecular weight excluding hydrogens is 228 g/mol. The highest BCUT2D eigenvalue weighted by Gasteiger charge is 2.23. The quantitative estimate of drug-likeness (QED) is 0.837. The van der Waals surface area contributed by atoms with Gasteiger partial charge in [-0.15, -0.1) is 0 Å². The highest BCUT2D eigenvalue weighted by Crippen LogP contribution is 2.20. The highest BCUT2D eigenvalue weighted by molar-refractivity contribution is 5.92. The fourth-order valence-electron chi connectivity index (χ4n) is 2.24. The van der Waals surface area contributed by atoms with Crippen LogP contribution in [0.4, 0.5) is 5.82 Å². The molecule has 1 atom stereocenters. The van der Waals surface area contributed by atoms with Gasteiger partial charge in [-0.05, 0) is 40.2 Å². The van der Waals surface area contributed by atoms with Crippen LogP contribution in [0.3, 0.4) is 0 Å². The van der Waals surface area contributed by atoms with Crippen molar-refractivity contribution in [2.24, 2.45) is 5.92 Å². The number of hydrogen-bond donors (Lipinski definition) is 2. The number of anilines is 1. The maximum Gasteiger partial charge on any atom is 0.229 e. The largest absolute Gasteiger partial charge is 0.316 e. The smallest absolute Gasteiger partial charge is 0.229 e. The summed E-state index contributed by atoms with van der Waals surface area (Å²) < 4.78 is 1.85. The standard InChI is InChI=1S/C13H22N4O/c1-13(2,3)17-11(6-8-15-17)16-12(18)10-5-4-7-14-9-10/h6,8,10,14H,4-5,7,9H2,1-3H3,(H,16,18). The molecule has 0 saturated carbocycles. The molecule has 0 radical (unpaired) electrons. The second-order valence-electron chi connectivity index (χ2n) is 5.83. The number of aromatic nitrogens is 2.